The molecule has 0 bridgehead atoms. The quantitative estimate of drug-likeness (QED) is 0.739. The third-order valence-corrected chi connectivity index (χ3v) is 3.98. The zero-order chi connectivity index (χ0) is 13.7. The largest absolute Gasteiger partial charge is 0.475 e. The molecule has 1 saturated carbocycles. The molecule has 1 aliphatic carbocycles. The number of carboxylic acids is 1. The van der Waals surface area contributed by atoms with Gasteiger partial charge in [-0.2, -0.15) is 0 Å². The highest BCUT2D eigenvalue weighted by Crippen LogP contribution is 2.28. The Kier molecular flexibility index (Phi) is 5.02. The van der Waals surface area contributed by atoms with Crippen LogP contribution >= 0.6 is 0 Å². The number of hydrogen-bond acceptors (Lipinski definition) is 3. The maximum atomic E-state index is 10.7. The van der Waals surface area contributed by atoms with E-state index in [9.17, 15) is 4.79 Å². The molecule has 4 heteroatoms. The Morgan fingerprint density at radius 3 is 2.84 bits per heavy atom. The summed E-state index contributed by atoms with van der Waals surface area (Å²) in [6, 6.07) is 3.31. The summed E-state index contributed by atoms with van der Waals surface area (Å²) in [7, 11) is 0. The number of rotatable bonds is 7. The van der Waals surface area contributed by atoms with Crippen LogP contribution < -0.4 is 5.32 Å². The lowest BCUT2D eigenvalue weighted by Gasteiger charge is -2.13. The van der Waals surface area contributed by atoms with Crippen molar-refractivity contribution in [2.24, 2.45) is 5.92 Å². The highest BCUT2D eigenvalue weighted by Gasteiger charge is 2.15. The summed E-state index contributed by atoms with van der Waals surface area (Å²) in [4.78, 5) is 10.7. The molecule has 1 aromatic heterocycles. The average Bonchev–Trinajstić information content (AvgIpc) is 3.05. The van der Waals surface area contributed by atoms with Crippen LogP contribution in [0.4, 0.5) is 0 Å². The van der Waals surface area contributed by atoms with E-state index in [1.807, 2.05) is 6.92 Å². The molecule has 0 amide bonds. The van der Waals surface area contributed by atoms with Gasteiger partial charge in [0.2, 0.25) is 5.76 Å². The summed E-state index contributed by atoms with van der Waals surface area (Å²) in [5.74, 6) is 0.617. The van der Waals surface area contributed by atoms with Gasteiger partial charge in [0.15, 0.2) is 0 Å². The molecule has 1 fully saturated rings. The third-order valence-electron chi connectivity index (χ3n) is 3.98. The minimum Gasteiger partial charge on any atom is -0.475 e. The van der Waals surface area contributed by atoms with Gasteiger partial charge in [-0.05, 0) is 44.4 Å². The summed E-state index contributed by atoms with van der Waals surface area (Å²) >= 11 is 0. The van der Waals surface area contributed by atoms with Crippen molar-refractivity contribution in [3.05, 3.63) is 23.7 Å². The van der Waals surface area contributed by atoms with Crippen LogP contribution in [0.5, 0.6) is 0 Å². The molecular formula is C15H23NO3. The molecule has 1 atom stereocenters. The number of carboxylic acid groups (broad SMARTS) is 1. The van der Waals surface area contributed by atoms with Gasteiger partial charge in [0.05, 0.1) is 6.04 Å². The first-order chi connectivity index (χ1) is 9.16. The first kappa shape index (κ1) is 14.1. The molecular weight excluding hydrogens is 242 g/mol. The fraction of sp³-hybridized carbons (Fsp3) is 0.667. The Labute approximate surface area is 114 Å². The molecule has 2 N–H and O–H groups in total. The van der Waals surface area contributed by atoms with E-state index in [-0.39, 0.29) is 11.8 Å². The smallest absolute Gasteiger partial charge is 0.371 e. The minimum atomic E-state index is -1.01. The van der Waals surface area contributed by atoms with Gasteiger partial charge in [0.1, 0.15) is 5.76 Å². The molecule has 1 aliphatic rings. The zero-order valence-corrected chi connectivity index (χ0v) is 11.5. The van der Waals surface area contributed by atoms with Gasteiger partial charge in [0.25, 0.3) is 0 Å². The van der Waals surface area contributed by atoms with Crippen molar-refractivity contribution in [2.45, 2.75) is 51.5 Å². The van der Waals surface area contributed by atoms with Crippen molar-refractivity contribution >= 4 is 5.97 Å². The van der Waals surface area contributed by atoms with Crippen molar-refractivity contribution < 1.29 is 14.3 Å². The number of nitrogens with one attached hydrogen (secondary N) is 1. The third kappa shape index (κ3) is 4.10. The summed E-state index contributed by atoms with van der Waals surface area (Å²) in [5, 5.41) is 12.2. The van der Waals surface area contributed by atoms with Crippen LogP contribution in [0.2, 0.25) is 0 Å². The summed E-state index contributed by atoms with van der Waals surface area (Å²) < 4.78 is 5.28. The van der Waals surface area contributed by atoms with Crippen LogP contribution in [0.3, 0.4) is 0 Å². The Hall–Kier alpha value is -1.29. The molecule has 1 heterocycles. The second kappa shape index (κ2) is 6.75. The molecule has 106 valence electrons. The van der Waals surface area contributed by atoms with Crippen LogP contribution in [0.15, 0.2) is 16.5 Å². The van der Waals surface area contributed by atoms with E-state index < -0.39 is 5.97 Å². The van der Waals surface area contributed by atoms with Gasteiger partial charge in [-0.1, -0.05) is 25.7 Å². The van der Waals surface area contributed by atoms with Gasteiger partial charge < -0.3 is 14.8 Å². The Morgan fingerprint density at radius 1 is 1.47 bits per heavy atom. The maximum absolute atomic E-state index is 10.7. The average molecular weight is 265 g/mol. The van der Waals surface area contributed by atoms with Crippen molar-refractivity contribution in [3.63, 3.8) is 0 Å². The Balaban J connectivity index is 1.68. The van der Waals surface area contributed by atoms with E-state index in [1.165, 1.54) is 44.6 Å². The van der Waals surface area contributed by atoms with Gasteiger partial charge in [0, 0.05) is 0 Å². The van der Waals surface area contributed by atoms with Crippen LogP contribution in [-0.2, 0) is 0 Å². The van der Waals surface area contributed by atoms with E-state index in [0.717, 1.165) is 12.5 Å². The highest BCUT2D eigenvalue weighted by molar-refractivity contribution is 5.84. The number of furan rings is 1. The summed E-state index contributed by atoms with van der Waals surface area (Å²) in [6.07, 6.45) is 8.09. The fourth-order valence-electron chi connectivity index (χ4n) is 2.81. The normalized spacial score (nSPS) is 17.7. The van der Waals surface area contributed by atoms with Crippen LogP contribution in [0.25, 0.3) is 0 Å². The number of carbonyl (C=O) groups is 1. The van der Waals surface area contributed by atoms with Gasteiger partial charge >= 0.3 is 5.97 Å². The SMILES string of the molecule is CC(NCCCC1CCCC1)c1ccc(C(=O)O)o1. The zero-order valence-electron chi connectivity index (χ0n) is 11.5. The Bertz CT molecular complexity index is 407. The van der Waals surface area contributed by atoms with Gasteiger partial charge in [-0.3, -0.25) is 0 Å². The van der Waals surface area contributed by atoms with E-state index in [1.54, 1.807) is 6.07 Å². The van der Waals surface area contributed by atoms with Crippen molar-refractivity contribution in [1.82, 2.24) is 5.32 Å². The predicted octanol–water partition coefficient (Wildman–Crippen LogP) is 3.60. The summed E-state index contributed by atoms with van der Waals surface area (Å²) in [5.41, 5.74) is 0. The molecule has 0 spiro atoms. The second-order valence-electron chi connectivity index (χ2n) is 5.48. The Morgan fingerprint density at radius 2 is 2.21 bits per heavy atom. The first-order valence-corrected chi connectivity index (χ1v) is 7.23. The van der Waals surface area contributed by atoms with Crippen molar-refractivity contribution in [3.8, 4) is 0 Å². The molecule has 0 radical (unpaired) electrons. The number of hydrogen-bond donors (Lipinski definition) is 2. The van der Waals surface area contributed by atoms with E-state index in [4.69, 9.17) is 9.52 Å². The van der Waals surface area contributed by atoms with E-state index in [0.29, 0.717) is 5.76 Å². The fourth-order valence-corrected chi connectivity index (χ4v) is 2.81. The highest BCUT2D eigenvalue weighted by atomic mass is 16.4. The lowest BCUT2D eigenvalue weighted by atomic mass is 10.0. The first-order valence-electron chi connectivity index (χ1n) is 7.23. The monoisotopic (exact) mass is 265 g/mol. The molecule has 19 heavy (non-hydrogen) atoms. The van der Waals surface area contributed by atoms with E-state index >= 15 is 0 Å². The lowest BCUT2D eigenvalue weighted by molar-refractivity contribution is 0.0659. The maximum Gasteiger partial charge on any atom is 0.371 e. The predicted molar refractivity (Wildman–Crippen MR) is 73.3 cm³/mol. The topological polar surface area (TPSA) is 62.5 Å². The van der Waals surface area contributed by atoms with Crippen LogP contribution in [0, 0.1) is 5.92 Å². The lowest BCUT2D eigenvalue weighted by Crippen LogP contribution is -2.19. The molecule has 2 rings (SSSR count). The van der Waals surface area contributed by atoms with E-state index in [2.05, 4.69) is 5.32 Å². The standard InChI is InChI=1S/C15H23NO3/c1-11(13-8-9-14(19-13)15(17)18)16-10-4-7-12-5-2-3-6-12/h8-9,11-12,16H,2-7,10H2,1H3,(H,17,18). The molecule has 0 aliphatic heterocycles. The van der Waals surface area contributed by atoms with Crippen LogP contribution in [-0.4, -0.2) is 17.6 Å². The molecule has 1 unspecified atom stereocenters. The summed E-state index contributed by atoms with van der Waals surface area (Å²) in [6.45, 7) is 2.96. The van der Waals surface area contributed by atoms with Gasteiger partial charge in [-0.15, -0.1) is 0 Å². The van der Waals surface area contributed by atoms with Gasteiger partial charge in [-0.25, -0.2) is 4.79 Å². The number of aromatic carboxylic acids is 1. The molecule has 1 aromatic rings. The van der Waals surface area contributed by atoms with Crippen molar-refractivity contribution in [1.29, 1.82) is 0 Å². The minimum absolute atomic E-state index is 0.00889. The molecule has 0 aromatic carbocycles. The molecule has 0 saturated heterocycles. The molecule has 4 nitrogen and oxygen atoms in total. The second-order valence-corrected chi connectivity index (χ2v) is 5.48. The van der Waals surface area contributed by atoms with Crippen molar-refractivity contribution in [2.75, 3.05) is 6.54 Å². The van der Waals surface area contributed by atoms with Crippen LogP contribution in [0.1, 0.15) is 67.8 Å².